The molecule has 1 N–H and O–H groups in total. The van der Waals surface area contributed by atoms with Gasteiger partial charge in [-0.3, -0.25) is 0 Å². The minimum absolute atomic E-state index is 0.771. The lowest BCUT2D eigenvalue weighted by Gasteiger charge is -2.37. The van der Waals surface area contributed by atoms with Gasteiger partial charge in [-0.05, 0) is 43.6 Å². The van der Waals surface area contributed by atoms with Crippen molar-refractivity contribution in [2.75, 3.05) is 6.54 Å². The van der Waals surface area contributed by atoms with E-state index in [4.69, 9.17) is 0 Å². The molecule has 96 valence electrons. The molecule has 0 aromatic heterocycles. The van der Waals surface area contributed by atoms with Gasteiger partial charge in [0.25, 0.3) is 0 Å². The van der Waals surface area contributed by atoms with Gasteiger partial charge >= 0.3 is 0 Å². The highest BCUT2D eigenvalue weighted by atomic mass is 14.9. The molecule has 1 nitrogen and oxygen atoms in total. The Morgan fingerprint density at radius 1 is 1.25 bits per heavy atom. The van der Waals surface area contributed by atoms with E-state index in [0.717, 1.165) is 30.3 Å². The van der Waals surface area contributed by atoms with Crippen LogP contribution in [0.25, 0.3) is 0 Å². The predicted molar refractivity (Wildman–Crippen MR) is 72.7 cm³/mol. The van der Waals surface area contributed by atoms with Crippen molar-refractivity contribution < 1.29 is 0 Å². The Morgan fingerprint density at radius 3 is 2.56 bits per heavy atom. The molecule has 0 amide bonds. The summed E-state index contributed by atoms with van der Waals surface area (Å²) in [4.78, 5) is 0. The Labute approximate surface area is 102 Å². The van der Waals surface area contributed by atoms with E-state index in [1.54, 1.807) is 0 Å². The van der Waals surface area contributed by atoms with Crippen LogP contribution in [0, 0.1) is 17.8 Å². The van der Waals surface area contributed by atoms with Crippen molar-refractivity contribution in [2.45, 2.75) is 72.3 Å². The molecule has 0 aliphatic heterocycles. The molecule has 0 aromatic carbocycles. The Bertz CT molecular complexity index is 178. The maximum Gasteiger partial charge on any atom is 0.0121 e. The first kappa shape index (κ1) is 14.0. The molecule has 4 atom stereocenters. The minimum atomic E-state index is 0.771. The third-order valence-electron chi connectivity index (χ3n) is 4.28. The summed E-state index contributed by atoms with van der Waals surface area (Å²) in [7, 11) is 0. The molecule has 0 bridgehead atoms. The fraction of sp³-hybridized carbons (Fsp3) is 1.00. The summed E-state index contributed by atoms with van der Waals surface area (Å²) < 4.78 is 0. The maximum atomic E-state index is 3.76. The fourth-order valence-electron chi connectivity index (χ4n) is 3.51. The molecule has 1 saturated carbocycles. The van der Waals surface area contributed by atoms with Crippen molar-refractivity contribution in [3.63, 3.8) is 0 Å². The van der Waals surface area contributed by atoms with Gasteiger partial charge in [0, 0.05) is 6.04 Å². The van der Waals surface area contributed by atoms with Crippen LogP contribution in [0.15, 0.2) is 0 Å². The van der Waals surface area contributed by atoms with Crippen molar-refractivity contribution in [3.8, 4) is 0 Å². The molecule has 1 aliphatic rings. The number of hydrogen-bond donors (Lipinski definition) is 1. The second-order valence-corrected chi connectivity index (χ2v) is 5.88. The highest BCUT2D eigenvalue weighted by molar-refractivity contribution is 4.84. The van der Waals surface area contributed by atoms with Crippen LogP contribution in [0.3, 0.4) is 0 Å². The summed E-state index contributed by atoms with van der Waals surface area (Å²) in [6.45, 7) is 10.6. The summed E-state index contributed by atoms with van der Waals surface area (Å²) in [5.74, 6) is 2.74. The standard InChI is InChI=1S/C15H31N/c1-5-8-13(4)15(16-6-2)14-10-7-9-12(3)11-14/h12-16H,5-11H2,1-4H3. The van der Waals surface area contributed by atoms with E-state index >= 15 is 0 Å². The van der Waals surface area contributed by atoms with Crippen molar-refractivity contribution in [2.24, 2.45) is 17.8 Å². The highest BCUT2D eigenvalue weighted by Crippen LogP contribution is 2.34. The molecule has 16 heavy (non-hydrogen) atoms. The van der Waals surface area contributed by atoms with Gasteiger partial charge in [0.2, 0.25) is 0 Å². The Kier molecular flexibility index (Phi) is 6.41. The molecule has 1 aliphatic carbocycles. The smallest absolute Gasteiger partial charge is 0.0121 e. The van der Waals surface area contributed by atoms with E-state index in [9.17, 15) is 0 Å². The third kappa shape index (κ3) is 4.08. The van der Waals surface area contributed by atoms with Gasteiger partial charge in [-0.25, -0.2) is 0 Å². The summed E-state index contributed by atoms with van der Waals surface area (Å²) in [6, 6.07) is 0.771. The van der Waals surface area contributed by atoms with Crippen molar-refractivity contribution in [1.82, 2.24) is 5.32 Å². The first-order chi connectivity index (χ1) is 7.69. The molecule has 1 fully saturated rings. The number of nitrogens with one attached hydrogen (secondary N) is 1. The second kappa shape index (κ2) is 7.32. The molecule has 0 radical (unpaired) electrons. The van der Waals surface area contributed by atoms with Gasteiger partial charge in [0.15, 0.2) is 0 Å². The van der Waals surface area contributed by atoms with Crippen LogP contribution in [0.2, 0.25) is 0 Å². The maximum absolute atomic E-state index is 3.76. The van der Waals surface area contributed by atoms with Gasteiger partial charge in [0.1, 0.15) is 0 Å². The highest BCUT2D eigenvalue weighted by Gasteiger charge is 2.29. The molecule has 0 saturated heterocycles. The van der Waals surface area contributed by atoms with Crippen molar-refractivity contribution in [1.29, 1.82) is 0 Å². The third-order valence-corrected chi connectivity index (χ3v) is 4.28. The summed E-state index contributed by atoms with van der Waals surface area (Å²) in [5.41, 5.74) is 0. The van der Waals surface area contributed by atoms with E-state index in [1.807, 2.05) is 0 Å². The van der Waals surface area contributed by atoms with E-state index in [2.05, 4.69) is 33.0 Å². The van der Waals surface area contributed by atoms with Gasteiger partial charge in [0.05, 0.1) is 0 Å². The molecule has 1 heteroatoms. The van der Waals surface area contributed by atoms with E-state index < -0.39 is 0 Å². The summed E-state index contributed by atoms with van der Waals surface area (Å²) in [5, 5.41) is 3.76. The van der Waals surface area contributed by atoms with Gasteiger partial charge < -0.3 is 5.32 Å². The Hall–Kier alpha value is -0.0400. The molecule has 4 unspecified atom stereocenters. The van der Waals surface area contributed by atoms with Crippen LogP contribution < -0.4 is 5.32 Å². The molecule has 0 spiro atoms. The van der Waals surface area contributed by atoms with E-state index in [1.165, 1.54) is 38.5 Å². The van der Waals surface area contributed by atoms with Crippen molar-refractivity contribution >= 4 is 0 Å². The van der Waals surface area contributed by atoms with Crippen LogP contribution in [0.4, 0.5) is 0 Å². The van der Waals surface area contributed by atoms with E-state index in [-0.39, 0.29) is 0 Å². The van der Waals surface area contributed by atoms with Crippen LogP contribution in [-0.4, -0.2) is 12.6 Å². The lowest BCUT2D eigenvalue weighted by molar-refractivity contribution is 0.179. The number of hydrogen-bond acceptors (Lipinski definition) is 1. The van der Waals surface area contributed by atoms with Crippen LogP contribution >= 0.6 is 0 Å². The zero-order valence-electron chi connectivity index (χ0n) is 11.8. The Morgan fingerprint density at radius 2 is 2.00 bits per heavy atom. The van der Waals surface area contributed by atoms with Crippen molar-refractivity contribution in [3.05, 3.63) is 0 Å². The summed E-state index contributed by atoms with van der Waals surface area (Å²) in [6.07, 6.45) is 8.51. The predicted octanol–water partition coefficient (Wildman–Crippen LogP) is 4.23. The molecule has 0 heterocycles. The normalized spacial score (nSPS) is 30.0. The average Bonchev–Trinajstić information content (AvgIpc) is 2.26. The van der Waals surface area contributed by atoms with Crippen LogP contribution in [-0.2, 0) is 0 Å². The topological polar surface area (TPSA) is 12.0 Å². The first-order valence-corrected chi connectivity index (χ1v) is 7.42. The molecule has 0 aromatic rings. The van der Waals surface area contributed by atoms with Gasteiger partial charge in [-0.1, -0.05) is 47.0 Å². The molecular weight excluding hydrogens is 194 g/mol. The molecular formula is C15H31N. The van der Waals surface area contributed by atoms with Gasteiger partial charge in [-0.15, -0.1) is 0 Å². The average molecular weight is 225 g/mol. The number of rotatable bonds is 6. The SMILES string of the molecule is CCCC(C)C(NCC)C1CCCC(C)C1. The monoisotopic (exact) mass is 225 g/mol. The first-order valence-electron chi connectivity index (χ1n) is 7.42. The van der Waals surface area contributed by atoms with E-state index in [0.29, 0.717) is 0 Å². The zero-order chi connectivity index (χ0) is 12.0. The van der Waals surface area contributed by atoms with Gasteiger partial charge in [-0.2, -0.15) is 0 Å². The minimum Gasteiger partial charge on any atom is -0.314 e. The molecule has 1 rings (SSSR count). The lowest BCUT2D eigenvalue weighted by Crippen LogP contribution is -2.43. The van der Waals surface area contributed by atoms with Crippen LogP contribution in [0.1, 0.15) is 66.2 Å². The Balaban J connectivity index is 2.53. The zero-order valence-corrected chi connectivity index (χ0v) is 11.8. The lowest BCUT2D eigenvalue weighted by atomic mass is 9.74. The largest absolute Gasteiger partial charge is 0.314 e. The quantitative estimate of drug-likeness (QED) is 0.713. The second-order valence-electron chi connectivity index (χ2n) is 5.88. The fourth-order valence-corrected chi connectivity index (χ4v) is 3.51. The summed E-state index contributed by atoms with van der Waals surface area (Å²) >= 11 is 0. The van der Waals surface area contributed by atoms with Crippen LogP contribution in [0.5, 0.6) is 0 Å².